The third kappa shape index (κ3) is 3.96. The predicted molar refractivity (Wildman–Crippen MR) is 124 cm³/mol. The van der Waals surface area contributed by atoms with Crippen molar-refractivity contribution in [3.05, 3.63) is 71.0 Å². The largest absolute Gasteiger partial charge is 0.367 e. The topological polar surface area (TPSA) is 42.2 Å². The van der Waals surface area contributed by atoms with E-state index in [2.05, 4.69) is 63.9 Å². The summed E-state index contributed by atoms with van der Waals surface area (Å²) in [6, 6.07) is 14.7. The van der Waals surface area contributed by atoms with Gasteiger partial charge in [0.2, 0.25) is 0 Å². The van der Waals surface area contributed by atoms with Crippen LogP contribution in [-0.4, -0.2) is 20.4 Å². The lowest BCUT2D eigenvalue weighted by molar-refractivity contribution is 0.462. The zero-order valence-corrected chi connectivity index (χ0v) is 17.9. The van der Waals surface area contributed by atoms with Crippen LogP contribution in [0.4, 0.5) is 5.82 Å². The van der Waals surface area contributed by atoms with Gasteiger partial charge < -0.3 is 5.32 Å². The van der Waals surface area contributed by atoms with Gasteiger partial charge in [0.25, 0.3) is 0 Å². The average Bonchev–Trinajstić information content (AvgIpc) is 3.39. The minimum Gasteiger partial charge on any atom is -0.367 e. The molecule has 5 rings (SSSR count). The van der Waals surface area contributed by atoms with Gasteiger partial charge in [0.1, 0.15) is 22.9 Å². The molecule has 0 spiro atoms. The Morgan fingerprint density at radius 3 is 2.77 bits per heavy atom. The van der Waals surface area contributed by atoms with Gasteiger partial charge in [-0.2, -0.15) is 0 Å². The smallest absolute Gasteiger partial charge is 0.139 e. The number of aromatic nitrogens is 3. The summed E-state index contributed by atoms with van der Waals surface area (Å²) in [5, 5.41) is 3.83. The van der Waals surface area contributed by atoms with Gasteiger partial charge in [0.15, 0.2) is 0 Å². The number of rotatable bonds is 3. The normalized spacial score (nSPS) is 14.4. The molecule has 5 heteroatoms. The molecule has 0 amide bonds. The van der Waals surface area contributed by atoms with Gasteiger partial charge in [0.05, 0.1) is 9.75 Å². The number of thiophene rings is 1. The Kier molecular flexibility index (Phi) is 5.25. The van der Waals surface area contributed by atoms with Crippen LogP contribution in [-0.2, 0) is 0 Å². The van der Waals surface area contributed by atoms with Crippen LogP contribution >= 0.6 is 11.3 Å². The molecule has 0 atom stereocenters. The van der Waals surface area contributed by atoms with E-state index in [9.17, 15) is 0 Å². The highest BCUT2D eigenvalue weighted by molar-refractivity contribution is 7.16. The molecular formula is C25H24N4S. The lowest BCUT2D eigenvalue weighted by Gasteiger charge is -2.24. The van der Waals surface area contributed by atoms with Crippen LogP contribution in [0, 0.1) is 18.8 Å². The van der Waals surface area contributed by atoms with Gasteiger partial charge in [-0.1, -0.05) is 31.4 Å². The summed E-state index contributed by atoms with van der Waals surface area (Å²) < 4.78 is 2.21. The number of anilines is 1. The van der Waals surface area contributed by atoms with E-state index < -0.39 is 0 Å². The summed E-state index contributed by atoms with van der Waals surface area (Å²) in [7, 11) is 0. The summed E-state index contributed by atoms with van der Waals surface area (Å²) in [6.07, 6.45) is 10.3. The zero-order valence-electron chi connectivity index (χ0n) is 17.1. The van der Waals surface area contributed by atoms with E-state index in [1.165, 1.54) is 37.7 Å². The standard InChI is InChI=1S/C25H24N4S/c1-18-10-15-23-28-24(25(29(23)17-18)27-20-8-3-2-4-9-20)22-14-13-21(30-22)12-11-19-7-5-6-16-26-19/h5-7,10,13-17,20,27H,2-4,8-9H2,1H3. The molecule has 150 valence electrons. The van der Waals surface area contributed by atoms with Crippen molar-refractivity contribution < 1.29 is 0 Å². The molecule has 0 radical (unpaired) electrons. The number of imidazole rings is 1. The first-order valence-corrected chi connectivity index (χ1v) is 11.4. The number of aryl methyl sites for hydroxylation is 1. The van der Waals surface area contributed by atoms with Crippen molar-refractivity contribution in [3.8, 4) is 22.4 Å². The summed E-state index contributed by atoms with van der Waals surface area (Å²) in [4.78, 5) is 11.4. The van der Waals surface area contributed by atoms with E-state index in [1.807, 2.05) is 18.2 Å². The van der Waals surface area contributed by atoms with Gasteiger partial charge in [-0.15, -0.1) is 11.3 Å². The van der Waals surface area contributed by atoms with Crippen molar-refractivity contribution in [2.75, 3.05) is 5.32 Å². The van der Waals surface area contributed by atoms with Crippen LogP contribution in [0.25, 0.3) is 16.2 Å². The lowest BCUT2D eigenvalue weighted by Crippen LogP contribution is -2.23. The first-order chi connectivity index (χ1) is 14.8. The minimum atomic E-state index is 0.515. The van der Waals surface area contributed by atoms with E-state index in [0.29, 0.717) is 6.04 Å². The van der Waals surface area contributed by atoms with Crippen LogP contribution in [0.5, 0.6) is 0 Å². The zero-order chi connectivity index (χ0) is 20.3. The fraction of sp³-hybridized carbons (Fsp3) is 0.280. The van der Waals surface area contributed by atoms with Crippen LogP contribution in [0.3, 0.4) is 0 Å². The molecule has 4 nitrogen and oxygen atoms in total. The molecule has 0 bridgehead atoms. The maximum absolute atomic E-state index is 4.97. The molecule has 1 aliphatic carbocycles. The van der Waals surface area contributed by atoms with Gasteiger partial charge in [-0.05, 0) is 67.5 Å². The molecule has 1 fully saturated rings. The molecule has 0 unspecified atom stereocenters. The van der Waals surface area contributed by atoms with E-state index in [4.69, 9.17) is 4.98 Å². The molecule has 0 aliphatic heterocycles. The van der Waals surface area contributed by atoms with E-state index in [0.717, 1.165) is 32.6 Å². The van der Waals surface area contributed by atoms with Crippen molar-refractivity contribution in [1.29, 1.82) is 0 Å². The molecule has 1 saturated carbocycles. The van der Waals surface area contributed by atoms with E-state index >= 15 is 0 Å². The first-order valence-electron chi connectivity index (χ1n) is 10.5. The number of hydrogen-bond donors (Lipinski definition) is 1. The molecule has 0 aromatic carbocycles. The quantitative estimate of drug-likeness (QED) is 0.425. The number of fused-ring (bicyclic) bond motifs is 1. The third-order valence-electron chi connectivity index (χ3n) is 5.53. The monoisotopic (exact) mass is 412 g/mol. The number of pyridine rings is 2. The van der Waals surface area contributed by atoms with Crippen molar-refractivity contribution in [1.82, 2.24) is 14.4 Å². The molecule has 0 saturated heterocycles. The SMILES string of the molecule is Cc1ccc2nc(-c3ccc(C#Cc4ccccn4)s3)c(NC3CCCCC3)n2c1. The van der Waals surface area contributed by atoms with Crippen LogP contribution in [0.2, 0.25) is 0 Å². The highest BCUT2D eigenvalue weighted by atomic mass is 32.1. The fourth-order valence-electron chi connectivity index (χ4n) is 4.00. The Balaban J connectivity index is 1.51. The van der Waals surface area contributed by atoms with Crippen LogP contribution in [0.15, 0.2) is 54.9 Å². The van der Waals surface area contributed by atoms with Crippen LogP contribution in [0.1, 0.15) is 48.2 Å². The van der Waals surface area contributed by atoms with Crippen molar-refractivity contribution in [3.63, 3.8) is 0 Å². The van der Waals surface area contributed by atoms with Gasteiger partial charge in [-0.25, -0.2) is 9.97 Å². The Morgan fingerprint density at radius 2 is 1.93 bits per heavy atom. The van der Waals surface area contributed by atoms with Gasteiger partial charge in [0, 0.05) is 18.4 Å². The van der Waals surface area contributed by atoms with Gasteiger partial charge in [-0.3, -0.25) is 4.40 Å². The average molecular weight is 413 g/mol. The van der Waals surface area contributed by atoms with E-state index in [-0.39, 0.29) is 0 Å². The molecule has 1 aliphatic rings. The van der Waals surface area contributed by atoms with Crippen LogP contribution < -0.4 is 5.32 Å². The maximum atomic E-state index is 4.97. The number of nitrogens with one attached hydrogen (secondary N) is 1. The van der Waals surface area contributed by atoms with Crippen molar-refractivity contribution in [2.24, 2.45) is 0 Å². The van der Waals surface area contributed by atoms with Crippen molar-refractivity contribution in [2.45, 2.75) is 45.1 Å². The Bertz CT molecular complexity index is 1220. The Morgan fingerprint density at radius 1 is 1.03 bits per heavy atom. The molecule has 4 heterocycles. The molecular weight excluding hydrogens is 388 g/mol. The minimum absolute atomic E-state index is 0.515. The molecule has 4 aromatic rings. The lowest BCUT2D eigenvalue weighted by atomic mass is 9.95. The summed E-state index contributed by atoms with van der Waals surface area (Å²) >= 11 is 1.68. The molecule has 4 aromatic heterocycles. The highest BCUT2D eigenvalue weighted by Gasteiger charge is 2.20. The fourth-order valence-corrected chi connectivity index (χ4v) is 4.85. The second-order valence-electron chi connectivity index (χ2n) is 7.85. The maximum Gasteiger partial charge on any atom is 0.139 e. The summed E-state index contributed by atoms with van der Waals surface area (Å²) in [5.74, 6) is 7.50. The van der Waals surface area contributed by atoms with E-state index in [1.54, 1.807) is 17.5 Å². The Hall–Kier alpha value is -3.10. The Labute approximate surface area is 181 Å². The third-order valence-corrected chi connectivity index (χ3v) is 6.54. The first kappa shape index (κ1) is 18.9. The predicted octanol–water partition coefficient (Wildman–Crippen LogP) is 5.91. The molecule has 1 N–H and O–H groups in total. The second-order valence-corrected chi connectivity index (χ2v) is 8.94. The number of nitrogens with zero attached hydrogens (tertiary/aromatic N) is 3. The second kappa shape index (κ2) is 8.33. The number of hydrogen-bond acceptors (Lipinski definition) is 4. The summed E-state index contributed by atoms with van der Waals surface area (Å²) in [6.45, 7) is 2.12. The van der Waals surface area contributed by atoms with Gasteiger partial charge >= 0.3 is 0 Å². The highest BCUT2D eigenvalue weighted by Crippen LogP contribution is 2.35. The summed E-state index contributed by atoms with van der Waals surface area (Å²) in [5.41, 5.74) is 4.01. The molecule has 30 heavy (non-hydrogen) atoms. The van der Waals surface area contributed by atoms with Crippen molar-refractivity contribution >= 4 is 22.8 Å².